The molecule has 186 valence electrons. The second kappa shape index (κ2) is 7.96. The van der Waals surface area contributed by atoms with Crippen LogP contribution in [0.2, 0.25) is 0 Å². The van der Waals surface area contributed by atoms with Gasteiger partial charge in [0.2, 0.25) is 11.8 Å². The van der Waals surface area contributed by atoms with Crippen molar-refractivity contribution in [2.75, 3.05) is 20.7 Å². The number of phenols is 1. The molecule has 1 aromatic rings. The van der Waals surface area contributed by atoms with E-state index in [4.69, 9.17) is 27.9 Å². The maximum absolute atomic E-state index is 13.5. The lowest BCUT2D eigenvalue weighted by Gasteiger charge is -2.50. The highest BCUT2D eigenvalue weighted by molar-refractivity contribution is 6.53. The second-order valence-corrected chi connectivity index (χ2v) is 11.0. The van der Waals surface area contributed by atoms with Crippen LogP contribution in [0.1, 0.15) is 37.7 Å². The van der Waals surface area contributed by atoms with Gasteiger partial charge in [0.05, 0.1) is 18.9 Å². The van der Waals surface area contributed by atoms with Crippen LogP contribution < -0.4 is 4.74 Å². The predicted molar refractivity (Wildman–Crippen MR) is 127 cm³/mol. The molecule has 2 aliphatic heterocycles. The summed E-state index contributed by atoms with van der Waals surface area (Å²) in [6.07, 6.45) is 2.69. The summed E-state index contributed by atoms with van der Waals surface area (Å²) >= 11 is 14.2. The Bertz CT molecular complexity index is 1200. The highest BCUT2D eigenvalue weighted by Crippen LogP contribution is 2.66. The number of amides is 4. The standard InChI is InChI=1S/C25H26Cl2N2O6/c1-4-10-29-20(31)13-9-8-12-15(17(13)21(29)32)11-24(26)22(33)28(2)23(34)25(24,27)18(12)14-6-5-7-16(35-3)19(14)30/h5-8,13,15,17-18,30H,4,9-11H2,1-3H3/t13-,15+,17-,18+,24+,25-/m0/s1. The molecule has 2 aliphatic carbocycles. The number of methoxy groups -OCH3 is 1. The van der Waals surface area contributed by atoms with E-state index in [1.807, 2.05) is 13.0 Å². The Morgan fingerprint density at radius 1 is 1.11 bits per heavy atom. The van der Waals surface area contributed by atoms with Crippen LogP contribution in [0.5, 0.6) is 11.5 Å². The summed E-state index contributed by atoms with van der Waals surface area (Å²) in [4.78, 5) is 51.8. The predicted octanol–water partition coefficient (Wildman–Crippen LogP) is 2.80. The van der Waals surface area contributed by atoms with Gasteiger partial charge in [-0.3, -0.25) is 29.0 Å². The van der Waals surface area contributed by atoms with Gasteiger partial charge in [0.15, 0.2) is 21.2 Å². The molecule has 1 N–H and O–H groups in total. The Morgan fingerprint density at radius 2 is 1.83 bits per heavy atom. The first-order chi connectivity index (χ1) is 16.5. The van der Waals surface area contributed by atoms with Gasteiger partial charge in [0.25, 0.3) is 11.8 Å². The van der Waals surface area contributed by atoms with Gasteiger partial charge < -0.3 is 9.84 Å². The van der Waals surface area contributed by atoms with Crippen molar-refractivity contribution in [3.63, 3.8) is 0 Å². The van der Waals surface area contributed by atoms with E-state index in [2.05, 4.69) is 0 Å². The van der Waals surface area contributed by atoms with Gasteiger partial charge in [-0.25, -0.2) is 0 Å². The molecular formula is C25H26Cl2N2O6. The SMILES string of the molecule is CCCN1C(=O)[C@H]2[C@H](CC=C3[C@H]2C[C@@]2(Cl)C(=O)N(C)C(=O)[C@@]2(Cl)[C@H]3c2cccc(OC)c2O)C1=O. The van der Waals surface area contributed by atoms with Crippen molar-refractivity contribution in [1.82, 2.24) is 9.80 Å². The fourth-order valence-corrected chi connectivity index (χ4v) is 7.55. The van der Waals surface area contributed by atoms with E-state index >= 15 is 0 Å². The van der Waals surface area contributed by atoms with E-state index in [-0.39, 0.29) is 35.3 Å². The van der Waals surface area contributed by atoms with Gasteiger partial charge in [0, 0.05) is 25.1 Å². The summed E-state index contributed by atoms with van der Waals surface area (Å²) in [7, 11) is 2.73. The molecule has 3 fully saturated rings. The van der Waals surface area contributed by atoms with Crippen molar-refractivity contribution < 1.29 is 29.0 Å². The van der Waals surface area contributed by atoms with Crippen molar-refractivity contribution in [2.45, 2.75) is 41.9 Å². The fourth-order valence-electron chi connectivity index (χ4n) is 6.54. The normalized spacial score (nSPS) is 36.2. The van der Waals surface area contributed by atoms with Crippen LogP contribution in [-0.4, -0.2) is 69.0 Å². The van der Waals surface area contributed by atoms with E-state index in [9.17, 15) is 24.3 Å². The molecule has 1 aromatic carbocycles. The number of benzene rings is 1. The molecular weight excluding hydrogens is 495 g/mol. The summed E-state index contributed by atoms with van der Waals surface area (Å²) in [5.74, 6) is -4.79. The average molecular weight is 521 g/mol. The molecule has 35 heavy (non-hydrogen) atoms. The van der Waals surface area contributed by atoms with Crippen LogP contribution in [0, 0.1) is 17.8 Å². The molecule has 4 aliphatic rings. The van der Waals surface area contributed by atoms with E-state index in [1.54, 1.807) is 18.2 Å². The number of alkyl halides is 2. The minimum Gasteiger partial charge on any atom is -0.504 e. The molecule has 0 aromatic heterocycles. The number of likely N-dealkylation sites (tertiary alicyclic amines) is 2. The van der Waals surface area contributed by atoms with Crippen LogP contribution in [0.4, 0.5) is 0 Å². The number of carbonyl (C=O) groups is 4. The number of carbonyl (C=O) groups excluding carboxylic acids is 4. The highest BCUT2D eigenvalue weighted by Gasteiger charge is 2.76. The Morgan fingerprint density at radius 3 is 2.49 bits per heavy atom. The summed E-state index contributed by atoms with van der Waals surface area (Å²) < 4.78 is 5.28. The number of para-hydroxylation sites is 1. The first-order valence-electron chi connectivity index (χ1n) is 11.7. The third-order valence-electron chi connectivity index (χ3n) is 8.11. The van der Waals surface area contributed by atoms with Gasteiger partial charge in [-0.05, 0) is 31.2 Å². The molecule has 0 spiro atoms. The van der Waals surface area contributed by atoms with E-state index in [0.29, 0.717) is 25.0 Å². The van der Waals surface area contributed by atoms with Crippen molar-refractivity contribution >= 4 is 46.8 Å². The van der Waals surface area contributed by atoms with Crippen LogP contribution >= 0.6 is 23.2 Å². The number of imide groups is 2. The zero-order chi connectivity index (χ0) is 25.4. The number of fused-ring (bicyclic) bond motifs is 4. The van der Waals surface area contributed by atoms with Crippen molar-refractivity contribution in [2.24, 2.45) is 17.8 Å². The highest BCUT2D eigenvalue weighted by atomic mass is 35.5. The van der Waals surface area contributed by atoms with Gasteiger partial charge in [-0.1, -0.05) is 30.7 Å². The molecule has 5 rings (SSSR count). The third kappa shape index (κ3) is 2.87. The first kappa shape index (κ1) is 24.1. The number of aromatic hydroxyl groups is 1. The fraction of sp³-hybridized carbons (Fsp3) is 0.520. The van der Waals surface area contributed by atoms with Crippen LogP contribution in [0.25, 0.3) is 0 Å². The van der Waals surface area contributed by atoms with E-state index in [0.717, 1.165) is 4.90 Å². The number of halogens is 2. The zero-order valence-corrected chi connectivity index (χ0v) is 21.1. The molecule has 1 saturated carbocycles. The third-order valence-corrected chi connectivity index (χ3v) is 9.53. The lowest BCUT2D eigenvalue weighted by Crippen LogP contribution is -2.60. The van der Waals surface area contributed by atoms with E-state index in [1.165, 1.54) is 19.1 Å². The maximum atomic E-state index is 13.5. The Kier molecular flexibility index (Phi) is 5.49. The largest absolute Gasteiger partial charge is 0.504 e. The van der Waals surface area contributed by atoms with Crippen molar-refractivity contribution in [3.8, 4) is 11.5 Å². The lowest BCUT2D eigenvalue weighted by molar-refractivity contribution is -0.141. The monoisotopic (exact) mass is 520 g/mol. The van der Waals surface area contributed by atoms with Crippen LogP contribution in [0.15, 0.2) is 29.8 Å². The molecule has 6 atom stereocenters. The molecule has 4 amide bonds. The minimum absolute atomic E-state index is 0.0693. The Hall–Kier alpha value is -2.58. The zero-order valence-electron chi connectivity index (χ0n) is 19.6. The molecule has 0 unspecified atom stereocenters. The summed E-state index contributed by atoms with van der Waals surface area (Å²) in [5.41, 5.74) is 0.912. The van der Waals surface area contributed by atoms with Gasteiger partial charge in [-0.2, -0.15) is 0 Å². The van der Waals surface area contributed by atoms with E-state index < -0.39 is 45.2 Å². The second-order valence-electron chi connectivity index (χ2n) is 9.72. The van der Waals surface area contributed by atoms with Gasteiger partial charge in [0.1, 0.15) is 0 Å². The topological polar surface area (TPSA) is 104 Å². The summed E-state index contributed by atoms with van der Waals surface area (Å²) in [5, 5.41) is 11.1. The minimum atomic E-state index is -1.94. The number of rotatable bonds is 4. The number of phenolic OH excluding ortho intramolecular Hbond substituents is 1. The Balaban J connectivity index is 1.74. The first-order valence-corrected chi connectivity index (χ1v) is 12.4. The molecule has 8 nitrogen and oxygen atoms in total. The summed E-state index contributed by atoms with van der Waals surface area (Å²) in [6.45, 7) is 2.21. The van der Waals surface area contributed by atoms with Gasteiger partial charge >= 0.3 is 0 Å². The van der Waals surface area contributed by atoms with Crippen LogP contribution in [0.3, 0.4) is 0 Å². The number of nitrogens with zero attached hydrogens (tertiary/aromatic N) is 2. The number of hydrogen-bond donors (Lipinski definition) is 1. The number of hydrogen-bond acceptors (Lipinski definition) is 6. The quantitative estimate of drug-likeness (QED) is 0.371. The smallest absolute Gasteiger partial charge is 0.253 e. The summed E-state index contributed by atoms with van der Waals surface area (Å²) in [6, 6.07) is 4.83. The maximum Gasteiger partial charge on any atom is 0.253 e. The van der Waals surface area contributed by atoms with Crippen LogP contribution in [-0.2, 0) is 19.2 Å². The molecule has 2 saturated heterocycles. The molecule has 0 radical (unpaired) electrons. The Labute approximate surface area is 212 Å². The lowest BCUT2D eigenvalue weighted by atomic mass is 9.56. The average Bonchev–Trinajstić information content (AvgIpc) is 3.15. The molecule has 0 bridgehead atoms. The van der Waals surface area contributed by atoms with Crippen molar-refractivity contribution in [1.29, 1.82) is 0 Å². The molecule has 2 heterocycles. The number of ether oxygens (including phenoxy) is 1. The van der Waals surface area contributed by atoms with Crippen molar-refractivity contribution in [3.05, 3.63) is 35.4 Å². The van der Waals surface area contributed by atoms with Gasteiger partial charge in [-0.15, -0.1) is 23.2 Å². The molecule has 10 heteroatoms. The number of allylic oxidation sites excluding steroid dienone is 2.